The SMILES string of the molecule is CC(C)[C@@H](CO)Nc1nc(-c2cccc(OC(F)(F)F)c2)cnc1N. The molecule has 136 valence electrons. The third-order valence-electron chi connectivity index (χ3n) is 3.49. The van der Waals surface area contributed by atoms with Crippen molar-refractivity contribution in [2.75, 3.05) is 17.7 Å². The van der Waals surface area contributed by atoms with E-state index in [1.807, 2.05) is 13.8 Å². The number of anilines is 2. The molecule has 0 fully saturated rings. The maximum absolute atomic E-state index is 12.4. The fourth-order valence-electron chi connectivity index (χ4n) is 2.10. The summed E-state index contributed by atoms with van der Waals surface area (Å²) in [6.45, 7) is 3.70. The molecule has 0 radical (unpaired) electrons. The number of hydrogen-bond donors (Lipinski definition) is 3. The van der Waals surface area contributed by atoms with Crippen LogP contribution in [0.3, 0.4) is 0 Å². The Morgan fingerprint density at radius 2 is 2.04 bits per heavy atom. The van der Waals surface area contributed by atoms with E-state index < -0.39 is 6.36 Å². The topological polar surface area (TPSA) is 93.3 Å². The van der Waals surface area contributed by atoms with Crippen molar-refractivity contribution in [3.05, 3.63) is 30.5 Å². The maximum Gasteiger partial charge on any atom is 0.573 e. The molecule has 4 N–H and O–H groups in total. The zero-order chi connectivity index (χ0) is 18.6. The van der Waals surface area contributed by atoms with Gasteiger partial charge in [0.1, 0.15) is 5.75 Å². The molecule has 0 amide bonds. The van der Waals surface area contributed by atoms with Crippen molar-refractivity contribution in [1.29, 1.82) is 0 Å². The van der Waals surface area contributed by atoms with Crippen LogP contribution in [0.1, 0.15) is 13.8 Å². The summed E-state index contributed by atoms with van der Waals surface area (Å²) in [6, 6.07) is 5.13. The van der Waals surface area contributed by atoms with Crippen LogP contribution >= 0.6 is 0 Å². The molecule has 1 heterocycles. The van der Waals surface area contributed by atoms with Crippen molar-refractivity contribution >= 4 is 11.6 Å². The van der Waals surface area contributed by atoms with Gasteiger partial charge in [-0.15, -0.1) is 13.2 Å². The zero-order valence-electron chi connectivity index (χ0n) is 13.7. The zero-order valence-corrected chi connectivity index (χ0v) is 13.7. The first-order valence-corrected chi connectivity index (χ1v) is 7.55. The van der Waals surface area contributed by atoms with Crippen molar-refractivity contribution in [3.63, 3.8) is 0 Å². The lowest BCUT2D eigenvalue weighted by molar-refractivity contribution is -0.274. The smallest absolute Gasteiger partial charge is 0.406 e. The highest BCUT2D eigenvalue weighted by Gasteiger charge is 2.31. The van der Waals surface area contributed by atoms with Gasteiger partial charge in [0.05, 0.1) is 24.5 Å². The molecule has 1 atom stereocenters. The van der Waals surface area contributed by atoms with Gasteiger partial charge in [0.2, 0.25) is 0 Å². The predicted octanol–water partition coefficient (Wildman–Crippen LogP) is 3.05. The highest BCUT2D eigenvalue weighted by atomic mass is 19.4. The summed E-state index contributed by atoms with van der Waals surface area (Å²) in [5, 5.41) is 12.4. The van der Waals surface area contributed by atoms with E-state index in [-0.39, 0.29) is 36.0 Å². The van der Waals surface area contributed by atoms with E-state index in [1.165, 1.54) is 24.4 Å². The molecule has 25 heavy (non-hydrogen) atoms. The lowest BCUT2D eigenvalue weighted by Gasteiger charge is -2.21. The molecular weight excluding hydrogens is 337 g/mol. The number of nitrogens with two attached hydrogens (primary N) is 1. The molecule has 2 aromatic rings. The molecule has 1 aromatic heterocycles. The molecule has 0 spiro atoms. The van der Waals surface area contributed by atoms with Crippen LogP contribution in [0.2, 0.25) is 0 Å². The third kappa shape index (κ3) is 5.21. The standard InChI is InChI=1S/C16H19F3N4O2/c1-9(2)13(8-24)23-15-14(20)21-7-12(22-15)10-4-3-5-11(6-10)25-16(17,18)19/h3-7,9,13,24H,8H2,1-2H3,(H2,20,21)(H,22,23)/t13-/m1/s1. The van der Waals surface area contributed by atoms with E-state index >= 15 is 0 Å². The summed E-state index contributed by atoms with van der Waals surface area (Å²) in [6.07, 6.45) is -3.42. The van der Waals surface area contributed by atoms with Gasteiger partial charge in [-0.3, -0.25) is 0 Å². The minimum absolute atomic E-state index is 0.110. The molecule has 9 heteroatoms. The van der Waals surface area contributed by atoms with Crippen LogP contribution in [0.15, 0.2) is 30.5 Å². The Bertz CT molecular complexity index is 723. The van der Waals surface area contributed by atoms with Gasteiger partial charge in [0.25, 0.3) is 0 Å². The first-order valence-electron chi connectivity index (χ1n) is 7.55. The Morgan fingerprint density at radius 3 is 2.64 bits per heavy atom. The molecule has 0 saturated carbocycles. The monoisotopic (exact) mass is 356 g/mol. The van der Waals surface area contributed by atoms with Crippen LogP contribution in [-0.4, -0.2) is 34.1 Å². The lowest BCUT2D eigenvalue weighted by atomic mass is 10.1. The van der Waals surface area contributed by atoms with Gasteiger partial charge in [-0.25, -0.2) is 9.97 Å². The Kier molecular flexibility index (Phi) is 5.68. The van der Waals surface area contributed by atoms with E-state index in [1.54, 1.807) is 6.07 Å². The Balaban J connectivity index is 2.31. The Morgan fingerprint density at radius 1 is 1.32 bits per heavy atom. The fourth-order valence-corrected chi connectivity index (χ4v) is 2.10. The summed E-state index contributed by atoms with van der Waals surface area (Å²) < 4.78 is 41.0. The quantitative estimate of drug-likeness (QED) is 0.737. The number of halogens is 3. The van der Waals surface area contributed by atoms with Crippen molar-refractivity contribution in [3.8, 4) is 17.0 Å². The largest absolute Gasteiger partial charge is 0.573 e. The molecule has 1 aromatic carbocycles. The molecule has 0 bridgehead atoms. The van der Waals surface area contributed by atoms with Crippen LogP contribution in [-0.2, 0) is 0 Å². The molecule has 6 nitrogen and oxygen atoms in total. The summed E-state index contributed by atoms with van der Waals surface area (Å²) in [4.78, 5) is 8.32. The van der Waals surface area contributed by atoms with E-state index in [0.29, 0.717) is 11.3 Å². The van der Waals surface area contributed by atoms with Gasteiger partial charge in [-0.2, -0.15) is 0 Å². The predicted molar refractivity (Wildman–Crippen MR) is 87.9 cm³/mol. The second-order valence-corrected chi connectivity index (χ2v) is 5.74. The van der Waals surface area contributed by atoms with E-state index in [2.05, 4.69) is 20.0 Å². The van der Waals surface area contributed by atoms with Crippen molar-refractivity contribution in [2.24, 2.45) is 5.92 Å². The molecule has 0 aliphatic heterocycles. The molecule has 0 saturated heterocycles. The van der Waals surface area contributed by atoms with E-state index in [4.69, 9.17) is 5.73 Å². The van der Waals surface area contributed by atoms with Gasteiger partial charge < -0.3 is 20.9 Å². The number of aromatic nitrogens is 2. The van der Waals surface area contributed by atoms with E-state index in [9.17, 15) is 18.3 Å². The molecule has 0 unspecified atom stereocenters. The van der Waals surface area contributed by atoms with Gasteiger partial charge in [0.15, 0.2) is 11.6 Å². The van der Waals surface area contributed by atoms with Gasteiger partial charge in [0, 0.05) is 5.56 Å². The molecule has 0 aliphatic carbocycles. The van der Waals surface area contributed by atoms with Crippen LogP contribution in [0.25, 0.3) is 11.3 Å². The number of nitrogens with zero attached hydrogens (tertiary/aromatic N) is 2. The number of alkyl halides is 3. The lowest BCUT2D eigenvalue weighted by Crippen LogP contribution is -2.30. The number of ether oxygens (including phenoxy) is 1. The first kappa shape index (κ1) is 18.8. The van der Waals surface area contributed by atoms with Crippen molar-refractivity contribution in [2.45, 2.75) is 26.3 Å². The van der Waals surface area contributed by atoms with Crippen molar-refractivity contribution in [1.82, 2.24) is 9.97 Å². The summed E-state index contributed by atoms with van der Waals surface area (Å²) in [5.74, 6) is 0.143. The average molecular weight is 356 g/mol. The normalized spacial score (nSPS) is 12.9. The Hall–Kier alpha value is -2.55. The minimum atomic E-state index is -4.77. The average Bonchev–Trinajstić information content (AvgIpc) is 2.52. The molecular formula is C16H19F3N4O2. The van der Waals surface area contributed by atoms with Gasteiger partial charge in [-0.05, 0) is 18.1 Å². The second-order valence-electron chi connectivity index (χ2n) is 5.74. The van der Waals surface area contributed by atoms with Crippen molar-refractivity contribution < 1.29 is 23.0 Å². The van der Waals surface area contributed by atoms with E-state index in [0.717, 1.165) is 0 Å². The first-order chi connectivity index (χ1) is 11.7. The number of aliphatic hydroxyl groups excluding tert-OH is 1. The number of rotatable bonds is 6. The van der Waals surface area contributed by atoms with Crippen LogP contribution < -0.4 is 15.8 Å². The molecule has 2 rings (SSSR count). The summed E-state index contributed by atoms with van der Waals surface area (Å²) in [7, 11) is 0. The van der Waals surface area contributed by atoms with Gasteiger partial charge in [-0.1, -0.05) is 26.0 Å². The summed E-state index contributed by atoms with van der Waals surface area (Å²) >= 11 is 0. The third-order valence-corrected chi connectivity index (χ3v) is 3.49. The number of benzene rings is 1. The van der Waals surface area contributed by atoms with Crippen LogP contribution in [0.4, 0.5) is 24.8 Å². The maximum atomic E-state index is 12.4. The van der Waals surface area contributed by atoms with Gasteiger partial charge >= 0.3 is 6.36 Å². The van der Waals surface area contributed by atoms with Crippen LogP contribution in [0, 0.1) is 5.92 Å². The Labute approximate surface area is 142 Å². The number of nitrogen functional groups attached to an aromatic ring is 1. The fraction of sp³-hybridized carbons (Fsp3) is 0.375. The number of nitrogens with one attached hydrogen (secondary N) is 1. The number of aliphatic hydroxyl groups is 1. The van der Waals surface area contributed by atoms with Crippen LogP contribution in [0.5, 0.6) is 5.75 Å². The minimum Gasteiger partial charge on any atom is -0.406 e. The number of hydrogen-bond acceptors (Lipinski definition) is 6. The summed E-state index contributed by atoms with van der Waals surface area (Å²) in [5.41, 5.74) is 6.51. The second kappa shape index (κ2) is 7.56. The highest BCUT2D eigenvalue weighted by molar-refractivity contribution is 5.66. The highest BCUT2D eigenvalue weighted by Crippen LogP contribution is 2.28. The molecule has 0 aliphatic rings.